The highest BCUT2D eigenvalue weighted by molar-refractivity contribution is 6.63. The first kappa shape index (κ1) is 16.7. The van der Waals surface area contributed by atoms with Crippen molar-refractivity contribution in [2.75, 3.05) is 19.8 Å². The van der Waals surface area contributed by atoms with Gasteiger partial charge in [0, 0.05) is 31.5 Å². The Bertz CT molecular complexity index is 540. The maximum Gasteiger partial charge on any atom is 0.500 e. The molecule has 22 heavy (non-hydrogen) atoms. The normalized spacial score (nSPS) is 20.0. The first-order valence-electron chi connectivity index (χ1n) is 7.41. The van der Waals surface area contributed by atoms with Crippen molar-refractivity contribution in [1.82, 2.24) is 0 Å². The third kappa shape index (κ3) is 2.94. The molecule has 0 amide bonds. The van der Waals surface area contributed by atoms with Crippen LogP contribution in [0.4, 0.5) is 0 Å². The Morgan fingerprint density at radius 3 is 2.82 bits per heavy atom. The van der Waals surface area contributed by atoms with E-state index >= 15 is 0 Å². The number of rotatable bonds is 8. The van der Waals surface area contributed by atoms with Gasteiger partial charge in [-0.3, -0.25) is 10.1 Å². The van der Waals surface area contributed by atoms with E-state index in [0.29, 0.717) is 43.0 Å². The maximum absolute atomic E-state index is 11.4. The molecule has 0 fully saturated rings. The molecule has 1 N–H and O–H groups in total. The van der Waals surface area contributed by atoms with E-state index in [-0.39, 0.29) is 6.42 Å². The van der Waals surface area contributed by atoms with Gasteiger partial charge < -0.3 is 19.2 Å². The van der Waals surface area contributed by atoms with Crippen molar-refractivity contribution in [3.05, 3.63) is 33.9 Å². The van der Waals surface area contributed by atoms with Crippen LogP contribution in [0, 0.1) is 10.1 Å². The molecule has 0 saturated heterocycles. The van der Waals surface area contributed by atoms with Crippen molar-refractivity contribution in [3.63, 3.8) is 0 Å². The lowest BCUT2D eigenvalue weighted by atomic mass is 9.78. The smallest absolute Gasteiger partial charge is 0.494 e. The van der Waals surface area contributed by atoms with Gasteiger partial charge in [-0.25, -0.2) is 0 Å². The fraction of sp³-hybridized carbons (Fsp3) is 0.571. The molecule has 0 bridgehead atoms. The van der Waals surface area contributed by atoms with Gasteiger partial charge in [0.1, 0.15) is 5.75 Å². The van der Waals surface area contributed by atoms with Gasteiger partial charge in [0.05, 0.1) is 17.1 Å². The summed E-state index contributed by atoms with van der Waals surface area (Å²) in [5.41, 5.74) is -1.01. The fourth-order valence-corrected chi connectivity index (χ4v) is 2.60. The Hall–Kier alpha value is -1.64. The zero-order chi connectivity index (χ0) is 16.2. The highest BCUT2D eigenvalue weighted by Crippen LogP contribution is 2.36. The molecule has 1 atom stereocenters. The van der Waals surface area contributed by atoms with Gasteiger partial charge >= 0.3 is 12.8 Å². The minimum atomic E-state index is -1.71. The second kappa shape index (κ2) is 7.08. The summed E-state index contributed by atoms with van der Waals surface area (Å²) in [5.74, 6) is 0.415. The van der Waals surface area contributed by atoms with Crippen LogP contribution in [-0.2, 0) is 15.1 Å². The van der Waals surface area contributed by atoms with Crippen LogP contribution in [0.25, 0.3) is 0 Å². The van der Waals surface area contributed by atoms with Crippen molar-refractivity contribution in [2.24, 2.45) is 0 Å². The van der Waals surface area contributed by atoms with Gasteiger partial charge in [-0.1, -0.05) is 13.0 Å². The second-order valence-electron chi connectivity index (χ2n) is 4.98. The first-order valence-corrected chi connectivity index (χ1v) is 7.41. The Kier molecular flexibility index (Phi) is 5.39. The fourth-order valence-electron chi connectivity index (χ4n) is 2.60. The Labute approximate surface area is 129 Å². The number of nitrogens with zero attached hydrogens (tertiary/aromatic N) is 1. The maximum atomic E-state index is 11.4. The summed E-state index contributed by atoms with van der Waals surface area (Å²) in [6.07, 6.45) is 0.820. The predicted molar refractivity (Wildman–Crippen MR) is 80.7 cm³/mol. The van der Waals surface area contributed by atoms with E-state index < -0.39 is 17.8 Å². The molecule has 1 heterocycles. The van der Waals surface area contributed by atoms with Gasteiger partial charge in [0.2, 0.25) is 0 Å². The minimum Gasteiger partial charge on any atom is -0.494 e. The highest BCUT2D eigenvalue weighted by atomic mass is 16.7. The number of benzene rings is 1. The zero-order valence-electron chi connectivity index (χ0n) is 12.8. The van der Waals surface area contributed by atoms with E-state index in [0.717, 1.165) is 0 Å². The summed E-state index contributed by atoms with van der Waals surface area (Å²) in [6, 6.07) is 4.95. The summed E-state index contributed by atoms with van der Waals surface area (Å²) in [5, 5.41) is 21.5. The second-order valence-corrected chi connectivity index (χ2v) is 4.98. The van der Waals surface area contributed by atoms with E-state index in [9.17, 15) is 15.1 Å². The molecule has 1 aromatic carbocycles. The molecule has 1 aromatic rings. The van der Waals surface area contributed by atoms with Crippen LogP contribution >= 0.6 is 0 Å². The monoisotopic (exact) mass is 309 g/mol. The lowest BCUT2D eigenvalue weighted by Crippen LogP contribution is -2.36. The van der Waals surface area contributed by atoms with Crippen molar-refractivity contribution in [3.8, 4) is 5.75 Å². The quantitative estimate of drug-likeness (QED) is 0.334. The summed E-state index contributed by atoms with van der Waals surface area (Å²) in [4.78, 5) is 10.9. The predicted octanol–water partition coefficient (Wildman–Crippen LogP) is 1.05. The van der Waals surface area contributed by atoms with Crippen molar-refractivity contribution in [2.45, 2.75) is 32.4 Å². The molecule has 2 rings (SSSR count). The SMILES string of the molecule is CCOCCCOc1cccc2c1B(O)OC2(CC)[N+](=O)[O-]. The first-order chi connectivity index (χ1) is 10.6. The molecule has 7 nitrogen and oxygen atoms in total. The van der Waals surface area contributed by atoms with E-state index in [4.69, 9.17) is 14.1 Å². The lowest BCUT2D eigenvalue weighted by Gasteiger charge is -2.19. The van der Waals surface area contributed by atoms with Gasteiger partial charge in [0.25, 0.3) is 0 Å². The topological polar surface area (TPSA) is 91.1 Å². The van der Waals surface area contributed by atoms with Crippen molar-refractivity contribution < 1.29 is 24.1 Å². The van der Waals surface area contributed by atoms with Crippen molar-refractivity contribution >= 4 is 12.6 Å². The van der Waals surface area contributed by atoms with Gasteiger partial charge in [0.15, 0.2) is 0 Å². The van der Waals surface area contributed by atoms with Crippen molar-refractivity contribution in [1.29, 1.82) is 0 Å². The van der Waals surface area contributed by atoms with Gasteiger partial charge in [-0.15, -0.1) is 0 Å². The van der Waals surface area contributed by atoms with Crippen LogP contribution < -0.4 is 10.2 Å². The molecule has 0 radical (unpaired) electrons. The van der Waals surface area contributed by atoms with Gasteiger partial charge in [-0.05, 0) is 19.1 Å². The standard InChI is InChI=1S/C14H20BNO6/c1-3-14(16(18)19)11-7-5-8-12(13(11)15(17)22-14)21-10-6-9-20-4-2/h5,7-8,17H,3-4,6,9-10H2,1-2H3. The van der Waals surface area contributed by atoms with Crippen LogP contribution in [0.1, 0.15) is 32.3 Å². The summed E-state index contributed by atoms with van der Waals surface area (Å²) >= 11 is 0. The van der Waals surface area contributed by atoms with Crippen LogP contribution in [0.3, 0.4) is 0 Å². The molecular weight excluding hydrogens is 289 g/mol. The van der Waals surface area contributed by atoms with Crippen LogP contribution in [-0.4, -0.2) is 36.9 Å². The molecule has 8 heteroatoms. The molecular formula is C14H20BNO6. The highest BCUT2D eigenvalue weighted by Gasteiger charge is 2.57. The lowest BCUT2D eigenvalue weighted by molar-refractivity contribution is -0.628. The molecule has 0 saturated carbocycles. The molecule has 1 unspecified atom stereocenters. The Balaban J connectivity index is 2.21. The van der Waals surface area contributed by atoms with Crippen LogP contribution in [0.2, 0.25) is 0 Å². The Morgan fingerprint density at radius 2 is 2.18 bits per heavy atom. The molecule has 1 aliphatic rings. The number of hydrogen-bond donors (Lipinski definition) is 1. The minimum absolute atomic E-state index is 0.123. The average molecular weight is 309 g/mol. The third-order valence-electron chi connectivity index (χ3n) is 3.71. The average Bonchev–Trinajstić information content (AvgIpc) is 2.81. The largest absolute Gasteiger partial charge is 0.500 e. The Morgan fingerprint density at radius 1 is 1.41 bits per heavy atom. The number of ether oxygens (including phenoxy) is 2. The number of nitro groups is 1. The number of fused-ring (bicyclic) bond motifs is 1. The van der Waals surface area contributed by atoms with Gasteiger partial charge in [-0.2, -0.15) is 0 Å². The summed E-state index contributed by atoms with van der Waals surface area (Å²) in [6.45, 7) is 5.20. The van der Waals surface area contributed by atoms with E-state index in [1.165, 1.54) is 0 Å². The molecule has 0 aromatic heterocycles. The van der Waals surface area contributed by atoms with Crippen LogP contribution in [0.15, 0.2) is 18.2 Å². The van der Waals surface area contributed by atoms with E-state index in [1.54, 1.807) is 25.1 Å². The zero-order valence-corrected chi connectivity index (χ0v) is 12.8. The molecule has 1 aliphatic heterocycles. The van der Waals surface area contributed by atoms with E-state index in [1.807, 2.05) is 6.92 Å². The molecule has 0 spiro atoms. The molecule has 120 valence electrons. The number of hydrogen-bond acceptors (Lipinski definition) is 6. The molecule has 0 aliphatic carbocycles. The van der Waals surface area contributed by atoms with E-state index in [2.05, 4.69) is 0 Å². The van der Waals surface area contributed by atoms with Crippen LogP contribution in [0.5, 0.6) is 5.75 Å². The third-order valence-corrected chi connectivity index (χ3v) is 3.71. The summed E-state index contributed by atoms with van der Waals surface area (Å²) in [7, 11) is -1.36. The summed E-state index contributed by atoms with van der Waals surface area (Å²) < 4.78 is 16.1.